The van der Waals surface area contributed by atoms with Crippen LogP contribution in [0.15, 0.2) is 36.9 Å². The highest BCUT2D eigenvalue weighted by molar-refractivity contribution is 5.50. The summed E-state index contributed by atoms with van der Waals surface area (Å²) < 4.78 is 7.32. The summed E-state index contributed by atoms with van der Waals surface area (Å²) in [7, 11) is 1.69. The van der Waals surface area contributed by atoms with Crippen molar-refractivity contribution in [3.05, 3.63) is 42.5 Å². The molecule has 1 aromatic heterocycles. The fraction of sp³-hybridized carbons (Fsp3) is 0.357. The molecule has 4 nitrogen and oxygen atoms in total. The number of aromatic nitrogens is 2. The number of benzene rings is 1. The number of nitrogens with zero attached hydrogens (tertiary/aromatic N) is 2. The van der Waals surface area contributed by atoms with Crippen molar-refractivity contribution < 1.29 is 4.74 Å². The minimum Gasteiger partial charge on any atom is -0.496 e. The second kappa shape index (κ2) is 6.10. The van der Waals surface area contributed by atoms with Crippen molar-refractivity contribution in [2.24, 2.45) is 0 Å². The van der Waals surface area contributed by atoms with Crippen LogP contribution >= 0.6 is 0 Å². The zero-order chi connectivity index (χ0) is 12.8. The predicted octanol–water partition coefficient (Wildman–Crippen LogP) is 2.70. The van der Waals surface area contributed by atoms with Gasteiger partial charge in [0.2, 0.25) is 0 Å². The van der Waals surface area contributed by atoms with Gasteiger partial charge in [-0.1, -0.05) is 0 Å². The maximum absolute atomic E-state index is 5.24. The third-order valence-corrected chi connectivity index (χ3v) is 2.88. The Labute approximate surface area is 108 Å². The lowest BCUT2D eigenvalue weighted by atomic mass is 10.2. The minimum absolute atomic E-state index is 0.930. The van der Waals surface area contributed by atoms with Crippen LogP contribution in [0, 0.1) is 6.92 Å². The van der Waals surface area contributed by atoms with Gasteiger partial charge in [-0.25, -0.2) is 4.98 Å². The second-order valence-electron chi connectivity index (χ2n) is 4.27. The summed E-state index contributed by atoms with van der Waals surface area (Å²) in [4.78, 5) is 4.02. The van der Waals surface area contributed by atoms with Gasteiger partial charge in [-0.15, -0.1) is 0 Å². The van der Waals surface area contributed by atoms with Crippen molar-refractivity contribution in [2.75, 3.05) is 19.0 Å². The smallest absolute Gasteiger partial charge is 0.121 e. The molecule has 0 fully saturated rings. The second-order valence-corrected chi connectivity index (χ2v) is 4.27. The van der Waals surface area contributed by atoms with E-state index in [0.29, 0.717) is 0 Å². The van der Waals surface area contributed by atoms with Crippen LogP contribution in [0.3, 0.4) is 0 Å². The van der Waals surface area contributed by atoms with Gasteiger partial charge < -0.3 is 14.6 Å². The normalized spacial score (nSPS) is 10.3. The van der Waals surface area contributed by atoms with Crippen LogP contribution in [0.1, 0.15) is 12.0 Å². The Hall–Kier alpha value is -1.97. The van der Waals surface area contributed by atoms with Crippen LogP contribution in [0.2, 0.25) is 0 Å². The summed E-state index contributed by atoms with van der Waals surface area (Å²) in [6.07, 6.45) is 6.71. The lowest BCUT2D eigenvalue weighted by Crippen LogP contribution is -2.05. The lowest BCUT2D eigenvalue weighted by molar-refractivity contribution is 0.412. The van der Waals surface area contributed by atoms with Gasteiger partial charge in [0.05, 0.1) is 13.4 Å². The van der Waals surface area contributed by atoms with Crippen molar-refractivity contribution in [1.29, 1.82) is 0 Å². The number of aryl methyl sites for hydroxylation is 2. The van der Waals surface area contributed by atoms with Gasteiger partial charge in [-0.3, -0.25) is 0 Å². The molecule has 1 N–H and O–H groups in total. The molecule has 0 aliphatic heterocycles. The molecule has 0 radical (unpaired) electrons. The number of imidazole rings is 1. The first-order chi connectivity index (χ1) is 8.79. The number of ether oxygens (including phenoxy) is 1. The van der Waals surface area contributed by atoms with Crippen LogP contribution < -0.4 is 10.1 Å². The van der Waals surface area contributed by atoms with E-state index < -0.39 is 0 Å². The monoisotopic (exact) mass is 245 g/mol. The maximum Gasteiger partial charge on any atom is 0.121 e. The molecule has 0 saturated heterocycles. The topological polar surface area (TPSA) is 39.1 Å². The van der Waals surface area contributed by atoms with Crippen molar-refractivity contribution in [3.63, 3.8) is 0 Å². The van der Waals surface area contributed by atoms with E-state index in [4.69, 9.17) is 4.74 Å². The van der Waals surface area contributed by atoms with Crippen molar-refractivity contribution in [3.8, 4) is 5.75 Å². The van der Waals surface area contributed by atoms with E-state index in [9.17, 15) is 0 Å². The van der Waals surface area contributed by atoms with Crippen LogP contribution in [-0.4, -0.2) is 23.2 Å². The highest BCUT2D eigenvalue weighted by Gasteiger charge is 1.99. The molecular formula is C14H19N3O. The fourth-order valence-corrected chi connectivity index (χ4v) is 1.90. The molecule has 0 bridgehead atoms. The van der Waals surface area contributed by atoms with Crippen molar-refractivity contribution in [2.45, 2.75) is 19.9 Å². The van der Waals surface area contributed by atoms with E-state index in [0.717, 1.165) is 36.5 Å². The number of methoxy groups -OCH3 is 1. The molecule has 4 heteroatoms. The summed E-state index contributed by atoms with van der Waals surface area (Å²) in [5, 5.41) is 3.41. The fourth-order valence-electron chi connectivity index (χ4n) is 1.90. The SMILES string of the molecule is COc1ccc(NCCCn2ccnc2)cc1C. The molecular weight excluding hydrogens is 226 g/mol. The zero-order valence-electron chi connectivity index (χ0n) is 10.9. The van der Waals surface area contributed by atoms with E-state index in [1.165, 1.54) is 0 Å². The summed E-state index contributed by atoms with van der Waals surface area (Å²) in [6, 6.07) is 6.15. The van der Waals surface area contributed by atoms with Crippen LogP contribution in [0.4, 0.5) is 5.69 Å². The molecule has 1 heterocycles. The first kappa shape index (κ1) is 12.5. The summed E-state index contributed by atoms with van der Waals surface area (Å²) in [5.41, 5.74) is 2.29. The van der Waals surface area contributed by atoms with Gasteiger partial charge in [0.15, 0.2) is 0 Å². The van der Waals surface area contributed by atoms with Gasteiger partial charge in [0.25, 0.3) is 0 Å². The first-order valence-corrected chi connectivity index (χ1v) is 6.14. The zero-order valence-corrected chi connectivity index (χ0v) is 10.9. The number of hydrogen-bond donors (Lipinski definition) is 1. The summed E-state index contributed by atoms with van der Waals surface area (Å²) in [6.45, 7) is 3.99. The van der Waals surface area contributed by atoms with Crippen molar-refractivity contribution in [1.82, 2.24) is 9.55 Å². The Balaban J connectivity index is 1.78. The van der Waals surface area contributed by atoms with Crippen molar-refractivity contribution >= 4 is 5.69 Å². The molecule has 0 unspecified atom stereocenters. The number of rotatable bonds is 6. The van der Waals surface area contributed by atoms with Gasteiger partial charge >= 0.3 is 0 Å². The van der Waals surface area contributed by atoms with E-state index >= 15 is 0 Å². The third kappa shape index (κ3) is 3.26. The summed E-state index contributed by atoms with van der Waals surface area (Å²) >= 11 is 0. The Morgan fingerprint density at radius 3 is 2.94 bits per heavy atom. The molecule has 18 heavy (non-hydrogen) atoms. The molecule has 0 atom stereocenters. The highest BCUT2D eigenvalue weighted by atomic mass is 16.5. The lowest BCUT2D eigenvalue weighted by Gasteiger charge is -2.10. The highest BCUT2D eigenvalue weighted by Crippen LogP contribution is 2.21. The van der Waals surface area contributed by atoms with E-state index in [-0.39, 0.29) is 0 Å². The minimum atomic E-state index is 0.930. The maximum atomic E-state index is 5.24. The standard InChI is InChI=1S/C14H19N3O/c1-12-10-13(4-5-14(12)18-2)16-6-3-8-17-9-7-15-11-17/h4-5,7,9-11,16H,3,6,8H2,1-2H3. The Morgan fingerprint density at radius 1 is 1.39 bits per heavy atom. The number of nitrogens with one attached hydrogen (secondary N) is 1. The molecule has 2 aromatic rings. The van der Waals surface area contributed by atoms with E-state index in [1.54, 1.807) is 13.3 Å². The number of anilines is 1. The van der Waals surface area contributed by atoms with Crippen LogP contribution in [0.25, 0.3) is 0 Å². The van der Waals surface area contributed by atoms with Crippen LogP contribution in [0.5, 0.6) is 5.75 Å². The van der Waals surface area contributed by atoms with Gasteiger partial charge in [0, 0.05) is 31.2 Å². The average Bonchev–Trinajstić information content (AvgIpc) is 2.88. The molecule has 0 aliphatic carbocycles. The van der Waals surface area contributed by atoms with Crippen LogP contribution in [-0.2, 0) is 6.54 Å². The largest absolute Gasteiger partial charge is 0.496 e. The third-order valence-electron chi connectivity index (χ3n) is 2.88. The average molecular weight is 245 g/mol. The first-order valence-electron chi connectivity index (χ1n) is 6.14. The molecule has 0 spiro atoms. The molecule has 0 aliphatic rings. The van der Waals surface area contributed by atoms with Gasteiger partial charge in [0.1, 0.15) is 5.75 Å². The molecule has 96 valence electrons. The van der Waals surface area contributed by atoms with E-state index in [2.05, 4.69) is 27.9 Å². The Bertz CT molecular complexity index is 480. The Kier molecular flexibility index (Phi) is 4.23. The van der Waals surface area contributed by atoms with Gasteiger partial charge in [-0.05, 0) is 37.1 Å². The molecule has 1 aromatic carbocycles. The molecule has 2 rings (SSSR count). The quantitative estimate of drug-likeness (QED) is 0.795. The molecule has 0 amide bonds. The predicted molar refractivity (Wildman–Crippen MR) is 73.1 cm³/mol. The molecule has 0 saturated carbocycles. The summed E-state index contributed by atoms with van der Waals surface area (Å²) in [5.74, 6) is 0.930. The Morgan fingerprint density at radius 2 is 2.28 bits per heavy atom. The van der Waals surface area contributed by atoms with E-state index in [1.807, 2.05) is 24.7 Å². The van der Waals surface area contributed by atoms with Gasteiger partial charge in [-0.2, -0.15) is 0 Å². The number of hydrogen-bond acceptors (Lipinski definition) is 3.